The molecule has 6 heteroatoms. The fraction of sp³-hybridized carbons (Fsp3) is 0.857. The van der Waals surface area contributed by atoms with Crippen LogP contribution in [0.15, 0.2) is 4.99 Å². The molecule has 2 atom stereocenters. The largest absolute Gasteiger partial charge is 0.370 e. The molecule has 0 aliphatic carbocycles. The zero-order valence-electron chi connectivity index (χ0n) is 13.1. The van der Waals surface area contributed by atoms with E-state index >= 15 is 0 Å². The molecular formula is C14H31N5O. The summed E-state index contributed by atoms with van der Waals surface area (Å²) in [5.41, 5.74) is 16.5. The highest BCUT2D eigenvalue weighted by Crippen LogP contribution is 2.06. The standard InChI is InChI=1S/C14H31N5O/c1-10(2)8-13(11(3)20)19-9-12(15)6-4-5-7-18-14(16)17/h10,12-13,19H,4-9,15H2,1-3H3,(H4,16,17,18)/t12-,13-/m0/s1. The lowest BCUT2D eigenvalue weighted by atomic mass is 10.0. The van der Waals surface area contributed by atoms with E-state index in [0.29, 0.717) is 19.0 Å². The topological polar surface area (TPSA) is 120 Å². The molecule has 0 aromatic rings. The van der Waals surface area contributed by atoms with Crippen molar-refractivity contribution >= 4 is 11.7 Å². The van der Waals surface area contributed by atoms with E-state index in [0.717, 1.165) is 25.7 Å². The average Bonchev–Trinajstić information content (AvgIpc) is 2.32. The van der Waals surface area contributed by atoms with Crippen LogP contribution < -0.4 is 22.5 Å². The molecule has 0 unspecified atom stereocenters. The number of hydrogen-bond donors (Lipinski definition) is 4. The maximum absolute atomic E-state index is 11.5. The van der Waals surface area contributed by atoms with Gasteiger partial charge >= 0.3 is 0 Å². The maximum Gasteiger partial charge on any atom is 0.185 e. The summed E-state index contributed by atoms with van der Waals surface area (Å²) < 4.78 is 0. The molecule has 0 saturated heterocycles. The predicted octanol–water partition coefficient (Wildman–Crippen LogP) is 0.351. The quantitative estimate of drug-likeness (QED) is 0.248. The summed E-state index contributed by atoms with van der Waals surface area (Å²) in [7, 11) is 0. The van der Waals surface area contributed by atoms with Gasteiger partial charge in [-0.3, -0.25) is 9.79 Å². The monoisotopic (exact) mass is 285 g/mol. The Morgan fingerprint density at radius 2 is 1.90 bits per heavy atom. The summed E-state index contributed by atoms with van der Waals surface area (Å²) in [4.78, 5) is 15.4. The molecule has 0 fully saturated rings. The Bertz CT molecular complexity index is 300. The minimum absolute atomic E-state index is 0.0585. The number of Topliss-reactive ketones (excluding diaryl/α,β-unsaturated/α-hetero) is 1. The fourth-order valence-corrected chi connectivity index (χ4v) is 1.99. The number of carbonyl (C=O) groups excluding carboxylic acids is 1. The molecule has 0 spiro atoms. The van der Waals surface area contributed by atoms with Crippen LogP contribution in [0.4, 0.5) is 0 Å². The number of nitrogens with two attached hydrogens (primary N) is 3. The normalized spacial score (nSPS) is 14.1. The van der Waals surface area contributed by atoms with Crippen LogP contribution >= 0.6 is 0 Å². The van der Waals surface area contributed by atoms with Gasteiger partial charge in [-0.15, -0.1) is 0 Å². The first-order valence-corrected chi connectivity index (χ1v) is 7.37. The Kier molecular flexibility index (Phi) is 10.0. The summed E-state index contributed by atoms with van der Waals surface area (Å²) in [6, 6.07) is -0.0223. The van der Waals surface area contributed by atoms with E-state index in [1.54, 1.807) is 6.92 Å². The van der Waals surface area contributed by atoms with Crippen molar-refractivity contribution in [1.29, 1.82) is 0 Å². The molecule has 0 aliphatic heterocycles. The highest BCUT2D eigenvalue weighted by atomic mass is 16.1. The van der Waals surface area contributed by atoms with Crippen molar-refractivity contribution in [3.8, 4) is 0 Å². The van der Waals surface area contributed by atoms with Gasteiger partial charge in [0.25, 0.3) is 0 Å². The lowest BCUT2D eigenvalue weighted by Crippen LogP contribution is -2.43. The van der Waals surface area contributed by atoms with Gasteiger partial charge in [0.2, 0.25) is 0 Å². The highest BCUT2D eigenvalue weighted by Gasteiger charge is 2.16. The summed E-state index contributed by atoms with van der Waals surface area (Å²) in [5.74, 6) is 0.805. The molecule has 0 heterocycles. The molecule has 0 bridgehead atoms. The van der Waals surface area contributed by atoms with Crippen LogP contribution in [0, 0.1) is 5.92 Å². The molecule has 0 aromatic heterocycles. The summed E-state index contributed by atoms with van der Waals surface area (Å²) in [5, 5.41) is 3.27. The number of aliphatic imine (C=N–C) groups is 1. The zero-order chi connectivity index (χ0) is 15.5. The van der Waals surface area contributed by atoms with Crippen LogP contribution in [0.25, 0.3) is 0 Å². The van der Waals surface area contributed by atoms with Gasteiger partial charge in [0.15, 0.2) is 5.96 Å². The Morgan fingerprint density at radius 1 is 1.25 bits per heavy atom. The van der Waals surface area contributed by atoms with Gasteiger partial charge in [0, 0.05) is 19.1 Å². The number of hydrogen-bond acceptors (Lipinski definition) is 4. The number of rotatable bonds is 11. The van der Waals surface area contributed by atoms with Crippen molar-refractivity contribution < 1.29 is 4.79 Å². The molecule has 7 N–H and O–H groups in total. The van der Waals surface area contributed by atoms with Crippen LogP contribution in [-0.4, -0.2) is 36.9 Å². The van der Waals surface area contributed by atoms with E-state index in [4.69, 9.17) is 17.2 Å². The number of unbranched alkanes of at least 4 members (excludes halogenated alkanes) is 1. The van der Waals surface area contributed by atoms with Gasteiger partial charge < -0.3 is 22.5 Å². The lowest BCUT2D eigenvalue weighted by molar-refractivity contribution is -0.119. The minimum Gasteiger partial charge on any atom is -0.370 e. The first-order valence-electron chi connectivity index (χ1n) is 7.37. The second kappa shape index (κ2) is 10.6. The van der Waals surface area contributed by atoms with E-state index in [1.807, 2.05) is 0 Å². The molecule has 0 rings (SSSR count). The Morgan fingerprint density at radius 3 is 2.40 bits per heavy atom. The van der Waals surface area contributed by atoms with Gasteiger partial charge in [0.1, 0.15) is 5.78 Å². The van der Waals surface area contributed by atoms with Gasteiger partial charge in [-0.1, -0.05) is 20.3 Å². The summed E-state index contributed by atoms with van der Waals surface area (Å²) in [6.07, 6.45) is 3.66. The lowest BCUT2D eigenvalue weighted by Gasteiger charge is -2.20. The molecule has 0 aromatic carbocycles. The first-order chi connectivity index (χ1) is 9.32. The van der Waals surface area contributed by atoms with Crippen LogP contribution in [0.1, 0.15) is 46.5 Å². The van der Waals surface area contributed by atoms with Crippen molar-refractivity contribution in [3.05, 3.63) is 0 Å². The van der Waals surface area contributed by atoms with Crippen molar-refractivity contribution in [2.24, 2.45) is 28.1 Å². The third-order valence-corrected chi connectivity index (χ3v) is 3.10. The van der Waals surface area contributed by atoms with Crippen molar-refractivity contribution in [2.45, 2.75) is 58.5 Å². The van der Waals surface area contributed by atoms with E-state index < -0.39 is 0 Å². The Hall–Kier alpha value is -1.14. The van der Waals surface area contributed by atoms with Crippen molar-refractivity contribution in [2.75, 3.05) is 13.1 Å². The molecule has 0 saturated carbocycles. The SMILES string of the molecule is CC(=O)[C@H](CC(C)C)NC[C@@H](N)CCCCN=C(N)N. The second-order valence-electron chi connectivity index (χ2n) is 5.76. The number of nitrogens with zero attached hydrogens (tertiary/aromatic N) is 1. The maximum atomic E-state index is 11.5. The third kappa shape index (κ3) is 10.8. The zero-order valence-corrected chi connectivity index (χ0v) is 13.1. The van der Waals surface area contributed by atoms with Gasteiger partial charge in [-0.05, 0) is 32.1 Å². The number of carbonyl (C=O) groups is 1. The molecule has 0 radical (unpaired) electrons. The van der Waals surface area contributed by atoms with E-state index in [1.165, 1.54) is 0 Å². The molecule has 118 valence electrons. The molecule has 0 amide bonds. The fourth-order valence-electron chi connectivity index (χ4n) is 1.99. The number of nitrogens with one attached hydrogen (secondary N) is 1. The minimum atomic E-state index is -0.0808. The van der Waals surface area contributed by atoms with Gasteiger partial charge in [-0.25, -0.2) is 0 Å². The van der Waals surface area contributed by atoms with E-state index in [-0.39, 0.29) is 23.8 Å². The summed E-state index contributed by atoms with van der Waals surface area (Å²) >= 11 is 0. The van der Waals surface area contributed by atoms with Crippen LogP contribution in [-0.2, 0) is 4.79 Å². The van der Waals surface area contributed by atoms with E-state index in [2.05, 4.69) is 24.2 Å². The predicted molar refractivity (Wildman–Crippen MR) is 84.4 cm³/mol. The Labute approximate surface area is 122 Å². The third-order valence-electron chi connectivity index (χ3n) is 3.10. The Balaban J connectivity index is 3.81. The molecular weight excluding hydrogens is 254 g/mol. The van der Waals surface area contributed by atoms with Crippen molar-refractivity contribution in [3.63, 3.8) is 0 Å². The van der Waals surface area contributed by atoms with Gasteiger partial charge in [-0.2, -0.15) is 0 Å². The molecule has 6 nitrogen and oxygen atoms in total. The highest BCUT2D eigenvalue weighted by molar-refractivity contribution is 5.81. The van der Waals surface area contributed by atoms with E-state index in [9.17, 15) is 4.79 Å². The van der Waals surface area contributed by atoms with Crippen molar-refractivity contribution in [1.82, 2.24) is 5.32 Å². The first kappa shape index (κ1) is 18.9. The van der Waals surface area contributed by atoms with Gasteiger partial charge in [0.05, 0.1) is 6.04 Å². The number of guanidine groups is 1. The van der Waals surface area contributed by atoms with Crippen LogP contribution in [0.2, 0.25) is 0 Å². The van der Waals surface area contributed by atoms with Crippen LogP contribution in [0.3, 0.4) is 0 Å². The second-order valence-corrected chi connectivity index (χ2v) is 5.76. The molecule has 0 aliphatic rings. The summed E-state index contributed by atoms with van der Waals surface area (Å²) in [6.45, 7) is 7.16. The average molecular weight is 285 g/mol. The molecule has 20 heavy (non-hydrogen) atoms. The van der Waals surface area contributed by atoms with Crippen LogP contribution in [0.5, 0.6) is 0 Å². The smallest absolute Gasteiger partial charge is 0.185 e. The number of ketones is 1.